The van der Waals surface area contributed by atoms with Crippen molar-refractivity contribution in [2.24, 2.45) is 0 Å². The monoisotopic (exact) mass is 413 g/mol. The second-order valence-corrected chi connectivity index (χ2v) is 8.68. The third kappa shape index (κ3) is 4.02. The van der Waals surface area contributed by atoms with E-state index in [9.17, 15) is 13.2 Å². The SMILES string of the molecule is CS(=O)(=O)Nc1ccc(-c2csc(NC(=O)c3ccc4nc[nH]c4c3)n2)cc1. The summed E-state index contributed by atoms with van der Waals surface area (Å²) in [5, 5.41) is 5.09. The summed E-state index contributed by atoms with van der Waals surface area (Å²) in [5.41, 5.74) is 4.07. The minimum Gasteiger partial charge on any atom is -0.345 e. The summed E-state index contributed by atoms with van der Waals surface area (Å²) in [5.74, 6) is -0.259. The smallest absolute Gasteiger partial charge is 0.257 e. The number of nitrogens with zero attached hydrogens (tertiary/aromatic N) is 2. The predicted molar refractivity (Wildman–Crippen MR) is 110 cm³/mol. The van der Waals surface area contributed by atoms with E-state index in [2.05, 4.69) is 25.0 Å². The van der Waals surface area contributed by atoms with Crippen molar-refractivity contribution in [3.05, 3.63) is 59.7 Å². The van der Waals surface area contributed by atoms with Gasteiger partial charge in [-0.05, 0) is 30.3 Å². The first-order valence-electron chi connectivity index (χ1n) is 8.16. The molecule has 1 amide bonds. The van der Waals surface area contributed by atoms with Gasteiger partial charge in [0.15, 0.2) is 5.13 Å². The van der Waals surface area contributed by atoms with E-state index in [-0.39, 0.29) is 5.91 Å². The Bertz CT molecular complexity index is 1260. The first kappa shape index (κ1) is 18.1. The van der Waals surface area contributed by atoms with E-state index in [0.29, 0.717) is 22.1 Å². The third-order valence-electron chi connectivity index (χ3n) is 3.89. The first-order valence-corrected chi connectivity index (χ1v) is 10.9. The van der Waals surface area contributed by atoms with Crippen LogP contribution in [0.2, 0.25) is 0 Å². The largest absolute Gasteiger partial charge is 0.345 e. The molecule has 3 N–H and O–H groups in total. The predicted octanol–water partition coefficient (Wildman–Crippen LogP) is 3.31. The number of fused-ring (bicyclic) bond motifs is 1. The first-order chi connectivity index (χ1) is 13.4. The van der Waals surface area contributed by atoms with Crippen molar-refractivity contribution >= 4 is 49.1 Å². The Morgan fingerprint density at radius 1 is 1.14 bits per heavy atom. The number of amides is 1. The van der Waals surface area contributed by atoms with Crippen LogP contribution >= 0.6 is 11.3 Å². The van der Waals surface area contributed by atoms with E-state index in [1.807, 2.05) is 5.38 Å². The Morgan fingerprint density at radius 2 is 1.93 bits per heavy atom. The van der Waals surface area contributed by atoms with Gasteiger partial charge < -0.3 is 4.98 Å². The molecular weight excluding hydrogens is 398 g/mol. The van der Waals surface area contributed by atoms with E-state index in [0.717, 1.165) is 22.9 Å². The lowest BCUT2D eigenvalue weighted by atomic mass is 10.1. The molecule has 4 aromatic rings. The van der Waals surface area contributed by atoms with Gasteiger partial charge in [0.1, 0.15) is 0 Å². The van der Waals surface area contributed by atoms with Gasteiger partial charge in [-0.15, -0.1) is 11.3 Å². The Kier molecular flexibility index (Phi) is 4.57. The zero-order valence-corrected chi connectivity index (χ0v) is 16.3. The summed E-state index contributed by atoms with van der Waals surface area (Å²) in [4.78, 5) is 24.0. The molecule has 2 heterocycles. The molecule has 4 rings (SSSR count). The van der Waals surface area contributed by atoms with Crippen LogP contribution in [0.3, 0.4) is 0 Å². The number of nitrogens with one attached hydrogen (secondary N) is 3. The molecule has 2 aromatic heterocycles. The van der Waals surface area contributed by atoms with Gasteiger partial charge in [-0.25, -0.2) is 18.4 Å². The second-order valence-electron chi connectivity index (χ2n) is 6.08. The molecular formula is C18H15N5O3S2. The molecule has 0 unspecified atom stereocenters. The number of anilines is 2. The standard InChI is InChI=1S/C18H15N5O3S2/c1-28(25,26)23-13-5-2-11(3-6-13)16-9-27-18(21-16)22-17(24)12-4-7-14-15(8-12)20-10-19-14/h2-10,23H,1H3,(H,19,20)(H,21,22,24). The quantitative estimate of drug-likeness (QED) is 0.464. The van der Waals surface area contributed by atoms with Crippen molar-refractivity contribution in [2.45, 2.75) is 0 Å². The molecule has 28 heavy (non-hydrogen) atoms. The summed E-state index contributed by atoms with van der Waals surface area (Å²) in [7, 11) is -3.32. The van der Waals surface area contributed by atoms with Crippen LogP contribution in [0.4, 0.5) is 10.8 Å². The van der Waals surface area contributed by atoms with Crippen LogP contribution < -0.4 is 10.0 Å². The fourth-order valence-electron chi connectivity index (χ4n) is 2.63. The molecule has 2 aromatic carbocycles. The van der Waals surface area contributed by atoms with Gasteiger partial charge in [0.25, 0.3) is 5.91 Å². The molecule has 0 bridgehead atoms. The van der Waals surface area contributed by atoms with Crippen molar-refractivity contribution in [3.8, 4) is 11.3 Å². The number of sulfonamides is 1. The maximum absolute atomic E-state index is 12.5. The molecule has 0 aliphatic heterocycles. The average Bonchev–Trinajstić information content (AvgIpc) is 3.29. The summed E-state index contributed by atoms with van der Waals surface area (Å²) in [6, 6.07) is 12.1. The molecule has 0 saturated carbocycles. The maximum Gasteiger partial charge on any atom is 0.257 e. The molecule has 142 valence electrons. The number of carbonyl (C=O) groups is 1. The minimum atomic E-state index is -3.32. The van der Waals surface area contributed by atoms with Gasteiger partial charge in [0.2, 0.25) is 10.0 Å². The normalized spacial score (nSPS) is 11.5. The molecule has 0 atom stereocenters. The number of aromatic amines is 1. The van der Waals surface area contributed by atoms with E-state index >= 15 is 0 Å². The third-order valence-corrected chi connectivity index (χ3v) is 5.26. The molecule has 0 spiro atoms. The van der Waals surface area contributed by atoms with Crippen LogP contribution in [0.1, 0.15) is 10.4 Å². The number of hydrogen-bond acceptors (Lipinski definition) is 6. The lowest BCUT2D eigenvalue weighted by molar-refractivity contribution is 0.102. The average molecular weight is 413 g/mol. The van der Waals surface area contributed by atoms with Crippen LogP contribution in [0.15, 0.2) is 54.2 Å². The number of benzene rings is 2. The number of H-pyrrole nitrogens is 1. The molecule has 0 radical (unpaired) electrons. The zero-order chi connectivity index (χ0) is 19.7. The van der Waals surface area contributed by atoms with E-state index in [4.69, 9.17) is 0 Å². The fourth-order valence-corrected chi connectivity index (χ4v) is 3.91. The summed E-state index contributed by atoms with van der Waals surface area (Å²) in [6.45, 7) is 0. The van der Waals surface area contributed by atoms with Crippen molar-refractivity contribution in [1.29, 1.82) is 0 Å². The number of aromatic nitrogens is 3. The van der Waals surface area contributed by atoms with Crippen LogP contribution in [-0.2, 0) is 10.0 Å². The molecule has 0 fully saturated rings. The number of carbonyl (C=O) groups excluding carboxylic acids is 1. The van der Waals surface area contributed by atoms with Gasteiger partial charge in [0.05, 0.1) is 29.3 Å². The number of rotatable bonds is 5. The van der Waals surface area contributed by atoms with Gasteiger partial charge >= 0.3 is 0 Å². The van der Waals surface area contributed by atoms with Gasteiger partial charge in [-0.3, -0.25) is 14.8 Å². The van der Waals surface area contributed by atoms with Crippen molar-refractivity contribution in [3.63, 3.8) is 0 Å². The topological polar surface area (TPSA) is 117 Å². The van der Waals surface area contributed by atoms with Gasteiger partial charge in [-0.2, -0.15) is 0 Å². The molecule has 0 aliphatic carbocycles. The van der Waals surface area contributed by atoms with E-state index < -0.39 is 10.0 Å². The van der Waals surface area contributed by atoms with Crippen molar-refractivity contribution in [2.75, 3.05) is 16.3 Å². The molecule has 0 saturated heterocycles. The lowest BCUT2D eigenvalue weighted by Gasteiger charge is -2.04. The highest BCUT2D eigenvalue weighted by molar-refractivity contribution is 7.92. The fraction of sp³-hybridized carbons (Fsp3) is 0.0556. The zero-order valence-electron chi connectivity index (χ0n) is 14.6. The van der Waals surface area contributed by atoms with Gasteiger partial charge in [-0.1, -0.05) is 12.1 Å². The van der Waals surface area contributed by atoms with Crippen LogP contribution in [0, 0.1) is 0 Å². The Labute approximate surface area is 164 Å². The highest BCUT2D eigenvalue weighted by Gasteiger charge is 2.11. The van der Waals surface area contributed by atoms with E-state index in [1.165, 1.54) is 11.3 Å². The summed E-state index contributed by atoms with van der Waals surface area (Å²) < 4.78 is 24.9. The maximum atomic E-state index is 12.5. The Balaban J connectivity index is 1.48. The van der Waals surface area contributed by atoms with Crippen LogP contribution in [0.5, 0.6) is 0 Å². The molecule has 0 aliphatic rings. The second kappa shape index (κ2) is 7.06. The molecule has 10 heteroatoms. The van der Waals surface area contributed by atoms with Gasteiger partial charge in [0, 0.05) is 22.2 Å². The molecule has 8 nitrogen and oxygen atoms in total. The summed E-state index contributed by atoms with van der Waals surface area (Å²) >= 11 is 1.31. The van der Waals surface area contributed by atoms with Crippen LogP contribution in [-0.4, -0.2) is 35.5 Å². The highest BCUT2D eigenvalue weighted by Crippen LogP contribution is 2.26. The minimum absolute atomic E-state index is 0.259. The van der Waals surface area contributed by atoms with E-state index in [1.54, 1.807) is 48.8 Å². The number of imidazole rings is 1. The highest BCUT2D eigenvalue weighted by atomic mass is 32.2. The van der Waals surface area contributed by atoms with Crippen molar-refractivity contribution in [1.82, 2.24) is 15.0 Å². The summed E-state index contributed by atoms with van der Waals surface area (Å²) in [6.07, 6.45) is 2.68. The lowest BCUT2D eigenvalue weighted by Crippen LogP contribution is -2.11. The number of thiazole rings is 1. The Hall–Kier alpha value is -3.24. The Morgan fingerprint density at radius 3 is 2.68 bits per heavy atom. The van der Waals surface area contributed by atoms with Crippen LogP contribution in [0.25, 0.3) is 22.3 Å². The number of hydrogen-bond donors (Lipinski definition) is 3. The van der Waals surface area contributed by atoms with Crippen molar-refractivity contribution < 1.29 is 13.2 Å².